The number of nitrogens with zero attached hydrogens (tertiary/aromatic N) is 4. The number of ether oxygens (including phenoxy) is 1. The first-order valence-electron chi connectivity index (χ1n) is 10.2. The highest BCUT2D eigenvalue weighted by molar-refractivity contribution is 6.04. The van der Waals surface area contributed by atoms with E-state index < -0.39 is 34.9 Å². The summed E-state index contributed by atoms with van der Waals surface area (Å²) in [6.07, 6.45) is -3.37. The van der Waals surface area contributed by atoms with Crippen molar-refractivity contribution in [2.45, 2.75) is 13.1 Å². The minimum Gasteiger partial charge on any atom is -0.457 e. The van der Waals surface area contributed by atoms with Crippen molar-refractivity contribution in [2.75, 3.05) is 12.4 Å². The number of carbonyl (C=O) groups is 2. The lowest BCUT2D eigenvalue weighted by atomic mass is 10.0. The molecule has 0 bridgehead atoms. The van der Waals surface area contributed by atoms with Crippen molar-refractivity contribution in [3.05, 3.63) is 76.9 Å². The summed E-state index contributed by atoms with van der Waals surface area (Å²) < 4.78 is 59.4. The number of nitrogens with one attached hydrogen (secondary N) is 2. The van der Waals surface area contributed by atoms with E-state index in [0.29, 0.717) is 29.1 Å². The number of amides is 2. The number of hydrogen-bond donors (Lipinski definition) is 2. The molecule has 13 heteroatoms. The Labute approximate surface area is 200 Å². The summed E-state index contributed by atoms with van der Waals surface area (Å²) >= 11 is 0. The van der Waals surface area contributed by atoms with E-state index >= 15 is 0 Å². The molecule has 2 aromatic heterocycles. The number of aryl methyl sites for hydroxylation is 1. The van der Waals surface area contributed by atoms with Gasteiger partial charge in [-0.05, 0) is 42.8 Å². The van der Waals surface area contributed by atoms with Gasteiger partial charge in [-0.1, -0.05) is 0 Å². The molecule has 4 aromatic rings. The molecule has 0 aliphatic carbocycles. The molecule has 0 radical (unpaired) electrons. The number of aromatic nitrogens is 4. The van der Waals surface area contributed by atoms with Gasteiger partial charge >= 0.3 is 6.18 Å². The highest BCUT2D eigenvalue weighted by Crippen LogP contribution is 2.32. The Bertz CT molecular complexity index is 1490. The van der Waals surface area contributed by atoms with Crippen LogP contribution in [-0.4, -0.2) is 39.0 Å². The fourth-order valence-corrected chi connectivity index (χ4v) is 3.16. The van der Waals surface area contributed by atoms with Crippen molar-refractivity contribution in [3.63, 3.8) is 0 Å². The number of hydrogen-bond acceptors (Lipinski definition) is 7. The molecule has 36 heavy (non-hydrogen) atoms. The van der Waals surface area contributed by atoms with Crippen LogP contribution in [0.3, 0.4) is 0 Å². The number of rotatable bonds is 5. The monoisotopic (exact) mass is 500 g/mol. The molecule has 0 fully saturated rings. The van der Waals surface area contributed by atoms with Crippen LogP contribution >= 0.6 is 0 Å². The maximum Gasteiger partial charge on any atom is 0.416 e. The Morgan fingerprint density at radius 2 is 1.69 bits per heavy atom. The lowest BCUT2D eigenvalue weighted by molar-refractivity contribution is -0.137. The first kappa shape index (κ1) is 24.4. The van der Waals surface area contributed by atoms with Crippen LogP contribution in [-0.2, 0) is 6.18 Å². The molecule has 9 nitrogen and oxygen atoms in total. The standard InChI is InChI=1S/C23H16F4N6O3/c1-11-7-12(23(25,26)27)8-15(19(11)24)20(34)31-22-30-17-9-13(3-4-16(17)32-33-22)36-14-5-6-29-18(10-14)21(35)28-2/h3-10H,1-2H3,(H,28,35)(H,30,31,33,34). The van der Waals surface area contributed by atoms with Gasteiger partial charge in [0.05, 0.1) is 16.6 Å². The first-order valence-corrected chi connectivity index (χ1v) is 10.2. The van der Waals surface area contributed by atoms with Gasteiger partial charge in [-0.3, -0.25) is 19.9 Å². The van der Waals surface area contributed by atoms with Gasteiger partial charge in [0.1, 0.15) is 28.5 Å². The highest BCUT2D eigenvalue weighted by Gasteiger charge is 2.33. The maximum absolute atomic E-state index is 14.4. The Kier molecular flexibility index (Phi) is 6.47. The van der Waals surface area contributed by atoms with Crippen molar-refractivity contribution >= 4 is 28.8 Å². The van der Waals surface area contributed by atoms with Crippen molar-refractivity contribution in [2.24, 2.45) is 0 Å². The molecule has 0 saturated heterocycles. The zero-order valence-corrected chi connectivity index (χ0v) is 18.6. The average molecular weight is 500 g/mol. The fraction of sp³-hybridized carbons (Fsp3) is 0.130. The third-order valence-corrected chi connectivity index (χ3v) is 4.90. The van der Waals surface area contributed by atoms with Gasteiger partial charge in [0.25, 0.3) is 11.8 Å². The van der Waals surface area contributed by atoms with E-state index in [0.717, 1.165) is 6.92 Å². The lowest BCUT2D eigenvalue weighted by Crippen LogP contribution is -2.19. The zero-order valence-electron chi connectivity index (χ0n) is 18.6. The van der Waals surface area contributed by atoms with Crippen LogP contribution in [0.25, 0.3) is 11.0 Å². The molecule has 0 unspecified atom stereocenters. The van der Waals surface area contributed by atoms with E-state index in [-0.39, 0.29) is 22.7 Å². The van der Waals surface area contributed by atoms with Crippen molar-refractivity contribution in [1.29, 1.82) is 0 Å². The van der Waals surface area contributed by atoms with Gasteiger partial charge in [0, 0.05) is 25.4 Å². The SMILES string of the molecule is CNC(=O)c1cc(Oc2ccc3nnc(NC(=O)c4cc(C(F)(F)F)cc(C)c4F)nc3c2)ccn1. The molecule has 2 heterocycles. The largest absolute Gasteiger partial charge is 0.457 e. The summed E-state index contributed by atoms with van der Waals surface area (Å²) in [5.41, 5.74) is -1.64. The smallest absolute Gasteiger partial charge is 0.416 e. The van der Waals surface area contributed by atoms with Crippen LogP contribution in [0.5, 0.6) is 11.5 Å². The van der Waals surface area contributed by atoms with E-state index in [4.69, 9.17) is 4.74 Å². The van der Waals surface area contributed by atoms with E-state index in [1.807, 2.05) is 0 Å². The summed E-state index contributed by atoms with van der Waals surface area (Å²) in [7, 11) is 1.46. The predicted molar refractivity (Wildman–Crippen MR) is 119 cm³/mol. The molecule has 4 rings (SSSR count). The van der Waals surface area contributed by atoms with Crippen LogP contribution in [0.1, 0.15) is 32.0 Å². The Morgan fingerprint density at radius 1 is 0.944 bits per heavy atom. The molecule has 184 valence electrons. The third kappa shape index (κ3) is 5.19. The van der Waals surface area contributed by atoms with E-state index in [9.17, 15) is 27.2 Å². The molecule has 2 N–H and O–H groups in total. The average Bonchev–Trinajstić information content (AvgIpc) is 2.84. The van der Waals surface area contributed by atoms with Gasteiger partial charge in [-0.2, -0.15) is 13.2 Å². The number of alkyl halides is 3. The second kappa shape index (κ2) is 9.52. The molecule has 0 saturated carbocycles. The Morgan fingerprint density at radius 3 is 2.42 bits per heavy atom. The molecule has 0 spiro atoms. The number of benzene rings is 2. The minimum atomic E-state index is -4.76. The quantitative estimate of drug-likeness (QED) is 0.393. The van der Waals surface area contributed by atoms with Gasteiger partial charge < -0.3 is 10.1 Å². The van der Waals surface area contributed by atoms with Crippen molar-refractivity contribution < 1.29 is 31.9 Å². The van der Waals surface area contributed by atoms with Crippen LogP contribution in [0.4, 0.5) is 23.5 Å². The summed E-state index contributed by atoms with van der Waals surface area (Å²) in [6, 6.07) is 8.56. The van der Waals surface area contributed by atoms with Gasteiger partial charge in [0.2, 0.25) is 5.95 Å². The van der Waals surface area contributed by atoms with Gasteiger partial charge in [0.15, 0.2) is 0 Å². The Hall–Kier alpha value is -4.68. The third-order valence-electron chi connectivity index (χ3n) is 4.90. The topological polar surface area (TPSA) is 119 Å². The summed E-state index contributed by atoms with van der Waals surface area (Å²) in [5.74, 6) is -2.41. The molecule has 0 aliphatic rings. The number of anilines is 1. The molecular weight excluding hydrogens is 484 g/mol. The summed E-state index contributed by atoms with van der Waals surface area (Å²) in [6.45, 7) is 1.12. The number of pyridine rings is 1. The molecule has 2 amide bonds. The molecule has 0 atom stereocenters. The van der Waals surface area contributed by atoms with Crippen LogP contribution in [0.15, 0.2) is 48.7 Å². The van der Waals surface area contributed by atoms with E-state index in [1.165, 1.54) is 37.5 Å². The van der Waals surface area contributed by atoms with Crippen LogP contribution in [0.2, 0.25) is 0 Å². The first-order chi connectivity index (χ1) is 17.0. The second-order valence-corrected chi connectivity index (χ2v) is 7.45. The van der Waals surface area contributed by atoms with E-state index in [1.54, 1.807) is 6.07 Å². The number of fused-ring (bicyclic) bond motifs is 1. The number of halogens is 4. The summed E-state index contributed by atoms with van der Waals surface area (Å²) in [5, 5.41) is 12.2. The lowest BCUT2D eigenvalue weighted by Gasteiger charge is -2.12. The number of carbonyl (C=O) groups excluding carboxylic acids is 2. The highest BCUT2D eigenvalue weighted by atomic mass is 19.4. The zero-order chi connectivity index (χ0) is 26.0. The maximum atomic E-state index is 14.4. The fourth-order valence-electron chi connectivity index (χ4n) is 3.16. The molecular formula is C23H16F4N6O3. The molecule has 0 aliphatic heterocycles. The predicted octanol–water partition coefficient (Wildman–Crippen LogP) is 4.29. The molecule has 2 aromatic carbocycles. The summed E-state index contributed by atoms with van der Waals surface area (Å²) in [4.78, 5) is 32.4. The van der Waals surface area contributed by atoms with E-state index in [2.05, 4.69) is 30.8 Å². The van der Waals surface area contributed by atoms with Crippen molar-refractivity contribution in [3.8, 4) is 11.5 Å². The van der Waals surface area contributed by atoms with Crippen LogP contribution in [0, 0.1) is 12.7 Å². The van der Waals surface area contributed by atoms with Crippen LogP contribution < -0.4 is 15.4 Å². The van der Waals surface area contributed by atoms with Gasteiger partial charge in [-0.15, -0.1) is 10.2 Å². The van der Waals surface area contributed by atoms with Gasteiger partial charge in [-0.25, -0.2) is 9.37 Å². The minimum absolute atomic E-state index is 0.141. The second-order valence-electron chi connectivity index (χ2n) is 7.45. The Balaban J connectivity index is 1.59. The van der Waals surface area contributed by atoms with Crippen molar-refractivity contribution in [1.82, 2.24) is 25.5 Å². The normalized spacial score (nSPS) is 11.3.